The summed E-state index contributed by atoms with van der Waals surface area (Å²) in [6.07, 6.45) is 3.99. The van der Waals surface area contributed by atoms with Gasteiger partial charge in [-0.15, -0.1) is 0 Å². The van der Waals surface area contributed by atoms with Gasteiger partial charge in [0.1, 0.15) is 5.82 Å². The SMILES string of the molecule is Cc1cccc(Nc2ccnc(NCCC3CC3N)n2)c1. The molecule has 0 aliphatic heterocycles. The quantitative estimate of drug-likeness (QED) is 0.760. The van der Waals surface area contributed by atoms with E-state index in [0.29, 0.717) is 17.9 Å². The van der Waals surface area contributed by atoms with E-state index in [0.717, 1.165) is 30.9 Å². The second-order valence-corrected chi connectivity index (χ2v) is 5.64. The second kappa shape index (κ2) is 6.10. The molecule has 1 aromatic heterocycles. The molecule has 21 heavy (non-hydrogen) atoms. The monoisotopic (exact) mass is 283 g/mol. The standard InChI is InChI=1S/C16H21N5/c1-11-3-2-4-13(9-11)20-15-6-8-19-16(21-15)18-7-5-12-10-14(12)17/h2-4,6,8-9,12,14H,5,7,10,17H2,1H3,(H2,18,19,20,21). The van der Waals surface area contributed by atoms with Gasteiger partial charge < -0.3 is 16.4 Å². The highest BCUT2D eigenvalue weighted by Gasteiger charge is 2.32. The van der Waals surface area contributed by atoms with Crippen LogP contribution >= 0.6 is 0 Å². The number of anilines is 3. The van der Waals surface area contributed by atoms with E-state index in [4.69, 9.17) is 5.73 Å². The van der Waals surface area contributed by atoms with Crippen LogP contribution in [0, 0.1) is 12.8 Å². The Labute approximate surface area is 125 Å². The summed E-state index contributed by atoms with van der Waals surface area (Å²) < 4.78 is 0. The molecule has 110 valence electrons. The summed E-state index contributed by atoms with van der Waals surface area (Å²) in [6.45, 7) is 2.94. The Kier molecular flexibility index (Phi) is 4.01. The van der Waals surface area contributed by atoms with Crippen molar-refractivity contribution in [3.8, 4) is 0 Å². The van der Waals surface area contributed by atoms with Crippen LogP contribution < -0.4 is 16.4 Å². The van der Waals surface area contributed by atoms with Crippen LogP contribution in [0.1, 0.15) is 18.4 Å². The van der Waals surface area contributed by atoms with Crippen molar-refractivity contribution in [2.24, 2.45) is 11.7 Å². The Morgan fingerprint density at radius 3 is 2.95 bits per heavy atom. The van der Waals surface area contributed by atoms with Crippen LogP contribution in [-0.4, -0.2) is 22.6 Å². The molecule has 5 heteroatoms. The molecule has 2 atom stereocenters. The average molecular weight is 283 g/mol. The molecule has 1 aliphatic rings. The van der Waals surface area contributed by atoms with Crippen molar-refractivity contribution in [3.63, 3.8) is 0 Å². The Bertz CT molecular complexity index is 613. The molecule has 2 aromatic rings. The van der Waals surface area contributed by atoms with Gasteiger partial charge in [-0.1, -0.05) is 12.1 Å². The lowest BCUT2D eigenvalue weighted by Gasteiger charge is -2.08. The maximum absolute atomic E-state index is 5.80. The van der Waals surface area contributed by atoms with E-state index in [-0.39, 0.29) is 0 Å². The highest BCUT2D eigenvalue weighted by molar-refractivity contribution is 5.57. The van der Waals surface area contributed by atoms with Gasteiger partial charge >= 0.3 is 0 Å². The van der Waals surface area contributed by atoms with Gasteiger partial charge in [-0.25, -0.2) is 4.98 Å². The predicted octanol–water partition coefficient (Wildman–Crippen LogP) is 2.68. The van der Waals surface area contributed by atoms with E-state index in [1.807, 2.05) is 18.2 Å². The van der Waals surface area contributed by atoms with E-state index < -0.39 is 0 Å². The topological polar surface area (TPSA) is 75.9 Å². The highest BCUT2D eigenvalue weighted by Crippen LogP contribution is 2.30. The molecule has 0 radical (unpaired) electrons. The Morgan fingerprint density at radius 1 is 1.33 bits per heavy atom. The molecule has 1 fully saturated rings. The molecule has 0 amide bonds. The summed E-state index contributed by atoms with van der Waals surface area (Å²) >= 11 is 0. The fraction of sp³-hybridized carbons (Fsp3) is 0.375. The van der Waals surface area contributed by atoms with E-state index in [1.54, 1.807) is 6.20 Å². The predicted molar refractivity (Wildman–Crippen MR) is 85.7 cm³/mol. The minimum Gasteiger partial charge on any atom is -0.354 e. The number of rotatable bonds is 6. The number of nitrogens with zero attached hydrogens (tertiary/aromatic N) is 2. The molecule has 4 N–H and O–H groups in total. The molecule has 3 rings (SSSR count). The molecule has 1 heterocycles. The van der Waals surface area contributed by atoms with E-state index >= 15 is 0 Å². The zero-order valence-corrected chi connectivity index (χ0v) is 12.2. The fourth-order valence-corrected chi connectivity index (χ4v) is 2.36. The first-order chi connectivity index (χ1) is 10.2. The summed E-state index contributed by atoms with van der Waals surface area (Å²) in [5.41, 5.74) is 8.05. The lowest BCUT2D eigenvalue weighted by Crippen LogP contribution is -2.09. The molecule has 0 bridgehead atoms. The van der Waals surface area contributed by atoms with Crippen molar-refractivity contribution in [1.82, 2.24) is 9.97 Å². The largest absolute Gasteiger partial charge is 0.354 e. The van der Waals surface area contributed by atoms with Gasteiger partial charge in [0, 0.05) is 24.5 Å². The summed E-state index contributed by atoms with van der Waals surface area (Å²) in [4.78, 5) is 8.71. The van der Waals surface area contributed by atoms with E-state index in [9.17, 15) is 0 Å². The second-order valence-electron chi connectivity index (χ2n) is 5.64. The summed E-state index contributed by atoms with van der Waals surface area (Å²) in [5.74, 6) is 2.12. The van der Waals surface area contributed by atoms with Crippen LogP contribution in [-0.2, 0) is 0 Å². The molecule has 2 unspecified atom stereocenters. The number of hydrogen-bond acceptors (Lipinski definition) is 5. The molecule has 0 spiro atoms. The summed E-state index contributed by atoms with van der Waals surface area (Å²) in [5, 5.41) is 6.55. The third-order valence-corrected chi connectivity index (χ3v) is 3.72. The van der Waals surface area contributed by atoms with Gasteiger partial charge in [0.05, 0.1) is 0 Å². The first-order valence-corrected chi connectivity index (χ1v) is 7.37. The van der Waals surface area contributed by atoms with Gasteiger partial charge in [-0.2, -0.15) is 4.98 Å². The van der Waals surface area contributed by atoms with Crippen LogP contribution in [0.2, 0.25) is 0 Å². The van der Waals surface area contributed by atoms with Crippen LogP contribution in [0.25, 0.3) is 0 Å². The zero-order chi connectivity index (χ0) is 14.7. The molecule has 0 saturated heterocycles. The number of nitrogens with two attached hydrogens (primary N) is 1. The molecule has 1 aromatic carbocycles. The first-order valence-electron chi connectivity index (χ1n) is 7.37. The minimum atomic E-state index is 0.405. The van der Waals surface area contributed by atoms with E-state index in [2.05, 4.69) is 39.7 Å². The number of aryl methyl sites for hydroxylation is 1. The fourth-order valence-electron chi connectivity index (χ4n) is 2.36. The lowest BCUT2D eigenvalue weighted by atomic mass is 10.2. The van der Waals surface area contributed by atoms with Gasteiger partial charge in [0.15, 0.2) is 0 Å². The van der Waals surface area contributed by atoms with Crippen molar-refractivity contribution in [1.29, 1.82) is 0 Å². The first kappa shape index (κ1) is 13.8. The summed E-state index contributed by atoms with van der Waals surface area (Å²) in [7, 11) is 0. The van der Waals surface area contributed by atoms with Crippen LogP contribution in [0.15, 0.2) is 36.5 Å². The Hall–Kier alpha value is -2.14. The summed E-state index contributed by atoms with van der Waals surface area (Å²) in [6, 6.07) is 10.5. The average Bonchev–Trinajstić information content (AvgIpc) is 3.15. The van der Waals surface area contributed by atoms with Crippen molar-refractivity contribution in [3.05, 3.63) is 42.1 Å². The van der Waals surface area contributed by atoms with Crippen molar-refractivity contribution in [2.75, 3.05) is 17.2 Å². The van der Waals surface area contributed by atoms with E-state index in [1.165, 1.54) is 5.56 Å². The lowest BCUT2D eigenvalue weighted by molar-refractivity contribution is 0.725. The number of nitrogens with one attached hydrogen (secondary N) is 2. The Balaban J connectivity index is 1.57. The van der Waals surface area contributed by atoms with Crippen LogP contribution in [0.4, 0.5) is 17.5 Å². The molecule has 1 aliphatic carbocycles. The molecule has 1 saturated carbocycles. The van der Waals surface area contributed by atoms with Crippen LogP contribution in [0.5, 0.6) is 0 Å². The maximum Gasteiger partial charge on any atom is 0.224 e. The van der Waals surface area contributed by atoms with Gasteiger partial charge in [-0.3, -0.25) is 0 Å². The van der Waals surface area contributed by atoms with Crippen molar-refractivity contribution >= 4 is 17.5 Å². The smallest absolute Gasteiger partial charge is 0.224 e. The molecular formula is C16H21N5. The highest BCUT2D eigenvalue weighted by atomic mass is 15.1. The number of aromatic nitrogens is 2. The Morgan fingerprint density at radius 2 is 2.19 bits per heavy atom. The zero-order valence-electron chi connectivity index (χ0n) is 12.2. The third-order valence-electron chi connectivity index (χ3n) is 3.72. The minimum absolute atomic E-state index is 0.405. The van der Waals surface area contributed by atoms with Gasteiger partial charge in [0.25, 0.3) is 0 Å². The number of benzene rings is 1. The van der Waals surface area contributed by atoms with Crippen molar-refractivity contribution < 1.29 is 0 Å². The van der Waals surface area contributed by atoms with Crippen molar-refractivity contribution in [2.45, 2.75) is 25.8 Å². The number of hydrogen-bond donors (Lipinski definition) is 3. The maximum atomic E-state index is 5.80. The molecular weight excluding hydrogens is 262 g/mol. The molecule has 5 nitrogen and oxygen atoms in total. The van der Waals surface area contributed by atoms with Crippen LogP contribution in [0.3, 0.4) is 0 Å². The normalized spacial score (nSPS) is 20.1. The van der Waals surface area contributed by atoms with Gasteiger partial charge in [-0.05, 0) is 49.4 Å². The van der Waals surface area contributed by atoms with Gasteiger partial charge in [0.2, 0.25) is 5.95 Å². The third kappa shape index (κ3) is 3.92.